The summed E-state index contributed by atoms with van der Waals surface area (Å²) in [7, 11) is 0. The van der Waals surface area contributed by atoms with Gasteiger partial charge >= 0.3 is 0 Å². The summed E-state index contributed by atoms with van der Waals surface area (Å²) in [6, 6.07) is 0.180. The van der Waals surface area contributed by atoms with Gasteiger partial charge in [0.2, 0.25) is 0 Å². The van der Waals surface area contributed by atoms with Crippen molar-refractivity contribution in [3.8, 4) is 0 Å². The molecular weight excluding hydrogens is 140 g/mol. The molecule has 1 N–H and O–H groups in total. The van der Waals surface area contributed by atoms with Gasteiger partial charge in [-0.15, -0.1) is 0 Å². The summed E-state index contributed by atoms with van der Waals surface area (Å²) in [6.07, 6.45) is 4.33. The smallest absolute Gasteiger partial charge is 0.269 e. The largest absolute Gasteiger partial charge is 0.349 e. The zero-order valence-corrected chi connectivity index (χ0v) is 6.79. The Bertz CT molecular complexity index is 216. The quantitative estimate of drug-likeness (QED) is 0.626. The van der Waals surface area contributed by atoms with Crippen LogP contribution in [0.1, 0.15) is 20.3 Å². The van der Waals surface area contributed by atoms with E-state index in [0.717, 1.165) is 6.42 Å². The van der Waals surface area contributed by atoms with Gasteiger partial charge in [-0.2, -0.15) is 0 Å². The third kappa shape index (κ3) is 2.18. The molecule has 1 heterocycles. The third-order valence-electron chi connectivity index (χ3n) is 1.30. The molecule has 1 rings (SSSR count). The van der Waals surface area contributed by atoms with Crippen LogP contribution in [0.4, 0.5) is 0 Å². The zero-order chi connectivity index (χ0) is 8.27. The number of hydrogen-bond acceptors (Lipinski definition) is 2. The summed E-state index contributed by atoms with van der Waals surface area (Å²) in [5.41, 5.74) is 0.540. The van der Waals surface area contributed by atoms with Crippen molar-refractivity contribution in [2.24, 2.45) is 4.99 Å². The SMILES string of the molecule is CC(C)NC(=O)C1=CCC=N1. The second-order valence-electron chi connectivity index (χ2n) is 2.76. The Balaban J connectivity index is 2.48. The molecule has 60 valence electrons. The summed E-state index contributed by atoms with van der Waals surface area (Å²) in [5.74, 6) is -0.0752. The highest BCUT2D eigenvalue weighted by Crippen LogP contribution is 2.04. The van der Waals surface area contributed by atoms with Crippen LogP contribution < -0.4 is 5.32 Å². The Morgan fingerprint density at radius 3 is 2.91 bits per heavy atom. The van der Waals surface area contributed by atoms with Crippen molar-refractivity contribution in [3.63, 3.8) is 0 Å². The Kier molecular flexibility index (Phi) is 2.41. The fraction of sp³-hybridized carbons (Fsp3) is 0.500. The normalized spacial score (nSPS) is 15.4. The van der Waals surface area contributed by atoms with Gasteiger partial charge in [0.1, 0.15) is 5.70 Å². The number of nitrogens with one attached hydrogen (secondary N) is 1. The predicted octanol–water partition coefficient (Wildman–Crippen LogP) is 0.869. The molecule has 1 amide bonds. The molecular formula is C8H12N2O. The summed E-state index contributed by atoms with van der Waals surface area (Å²) in [6.45, 7) is 3.86. The van der Waals surface area contributed by atoms with E-state index in [1.54, 1.807) is 6.21 Å². The van der Waals surface area contributed by atoms with Crippen molar-refractivity contribution in [1.29, 1.82) is 0 Å². The first-order valence-electron chi connectivity index (χ1n) is 3.73. The highest BCUT2D eigenvalue weighted by Gasteiger charge is 2.10. The molecule has 1 aliphatic heterocycles. The van der Waals surface area contributed by atoms with Crippen LogP contribution in [0, 0.1) is 0 Å². The zero-order valence-electron chi connectivity index (χ0n) is 6.79. The minimum Gasteiger partial charge on any atom is -0.349 e. The number of hydrogen-bond donors (Lipinski definition) is 1. The van der Waals surface area contributed by atoms with Crippen molar-refractivity contribution < 1.29 is 4.79 Å². The molecule has 3 nitrogen and oxygen atoms in total. The summed E-state index contributed by atoms with van der Waals surface area (Å²) in [4.78, 5) is 15.1. The van der Waals surface area contributed by atoms with E-state index in [4.69, 9.17) is 0 Å². The molecule has 0 saturated carbocycles. The van der Waals surface area contributed by atoms with E-state index in [9.17, 15) is 4.79 Å². The average molecular weight is 152 g/mol. The second-order valence-corrected chi connectivity index (χ2v) is 2.76. The second kappa shape index (κ2) is 3.32. The minimum atomic E-state index is -0.0752. The molecule has 11 heavy (non-hydrogen) atoms. The van der Waals surface area contributed by atoms with Gasteiger partial charge in [-0.1, -0.05) is 0 Å². The number of nitrogens with zero attached hydrogens (tertiary/aromatic N) is 1. The molecule has 0 unspecified atom stereocenters. The summed E-state index contributed by atoms with van der Waals surface area (Å²) < 4.78 is 0. The van der Waals surface area contributed by atoms with E-state index in [-0.39, 0.29) is 11.9 Å². The lowest BCUT2D eigenvalue weighted by Gasteiger charge is -2.06. The van der Waals surface area contributed by atoms with E-state index < -0.39 is 0 Å². The van der Waals surface area contributed by atoms with Gasteiger partial charge in [-0.25, -0.2) is 0 Å². The number of aliphatic imine (C=N–C) groups is 1. The predicted molar refractivity (Wildman–Crippen MR) is 44.5 cm³/mol. The van der Waals surface area contributed by atoms with Gasteiger partial charge in [-0.05, 0) is 19.9 Å². The molecule has 0 spiro atoms. The molecule has 0 radical (unpaired) electrons. The molecule has 0 bridgehead atoms. The maximum Gasteiger partial charge on any atom is 0.269 e. The summed E-state index contributed by atoms with van der Waals surface area (Å²) in [5, 5.41) is 2.76. The van der Waals surface area contributed by atoms with Crippen LogP contribution >= 0.6 is 0 Å². The molecule has 3 heteroatoms. The molecule has 0 aromatic carbocycles. The first-order chi connectivity index (χ1) is 5.20. The number of carbonyl (C=O) groups excluding carboxylic acids is 1. The Morgan fingerprint density at radius 2 is 2.45 bits per heavy atom. The molecule has 0 aromatic heterocycles. The van der Waals surface area contributed by atoms with Crippen molar-refractivity contribution in [3.05, 3.63) is 11.8 Å². The first kappa shape index (κ1) is 7.98. The number of amides is 1. The average Bonchev–Trinajstić information content (AvgIpc) is 2.35. The van der Waals surface area contributed by atoms with E-state index in [1.165, 1.54) is 0 Å². The topological polar surface area (TPSA) is 41.5 Å². The van der Waals surface area contributed by atoms with Crippen LogP contribution in [0.3, 0.4) is 0 Å². The van der Waals surface area contributed by atoms with Gasteiger partial charge in [0.15, 0.2) is 0 Å². The Labute approximate surface area is 66.2 Å². The third-order valence-corrected chi connectivity index (χ3v) is 1.30. The number of rotatable bonds is 2. The van der Waals surface area contributed by atoms with Crippen molar-refractivity contribution in [2.45, 2.75) is 26.3 Å². The van der Waals surface area contributed by atoms with Crippen molar-refractivity contribution >= 4 is 12.1 Å². The van der Waals surface area contributed by atoms with Crippen molar-refractivity contribution in [2.75, 3.05) is 0 Å². The van der Waals surface area contributed by atoms with E-state index in [2.05, 4.69) is 10.3 Å². The van der Waals surface area contributed by atoms with Crippen LogP contribution in [-0.2, 0) is 4.79 Å². The van der Waals surface area contributed by atoms with Gasteiger partial charge in [0.05, 0.1) is 0 Å². The molecule has 0 fully saturated rings. The van der Waals surface area contributed by atoms with Gasteiger partial charge in [-0.3, -0.25) is 9.79 Å². The van der Waals surface area contributed by atoms with Gasteiger partial charge in [0, 0.05) is 18.7 Å². The molecule has 0 saturated heterocycles. The van der Waals surface area contributed by atoms with Crippen LogP contribution in [-0.4, -0.2) is 18.2 Å². The summed E-state index contributed by atoms with van der Waals surface area (Å²) >= 11 is 0. The maximum absolute atomic E-state index is 11.2. The highest BCUT2D eigenvalue weighted by atomic mass is 16.2. The highest BCUT2D eigenvalue weighted by molar-refractivity contribution is 5.96. The first-order valence-corrected chi connectivity index (χ1v) is 3.73. The van der Waals surface area contributed by atoms with Crippen LogP contribution in [0.5, 0.6) is 0 Å². The van der Waals surface area contributed by atoms with Gasteiger partial charge < -0.3 is 5.32 Å². The monoisotopic (exact) mass is 152 g/mol. The van der Waals surface area contributed by atoms with Crippen LogP contribution in [0.2, 0.25) is 0 Å². The van der Waals surface area contributed by atoms with Crippen LogP contribution in [0.15, 0.2) is 16.8 Å². The van der Waals surface area contributed by atoms with E-state index >= 15 is 0 Å². The Hall–Kier alpha value is -1.12. The van der Waals surface area contributed by atoms with Crippen molar-refractivity contribution in [1.82, 2.24) is 5.32 Å². The fourth-order valence-corrected chi connectivity index (χ4v) is 0.856. The molecule has 0 aliphatic carbocycles. The number of allylic oxidation sites excluding steroid dienone is 1. The fourth-order valence-electron chi connectivity index (χ4n) is 0.856. The Morgan fingerprint density at radius 1 is 1.73 bits per heavy atom. The molecule has 1 aliphatic rings. The molecule has 0 atom stereocenters. The molecule has 0 aromatic rings. The van der Waals surface area contributed by atoms with E-state index in [0.29, 0.717) is 5.70 Å². The lowest BCUT2D eigenvalue weighted by atomic mass is 10.3. The standard InChI is InChI=1S/C8H12N2O/c1-6(2)10-8(11)7-4-3-5-9-7/h4-6H,3H2,1-2H3,(H,10,11). The maximum atomic E-state index is 11.2. The lowest BCUT2D eigenvalue weighted by molar-refractivity contribution is -0.117. The van der Waals surface area contributed by atoms with E-state index in [1.807, 2.05) is 19.9 Å². The van der Waals surface area contributed by atoms with Gasteiger partial charge in [0.25, 0.3) is 5.91 Å². The lowest BCUT2D eigenvalue weighted by Crippen LogP contribution is -2.30. The minimum absolute atomic E-state index is 0.0752. The number of carbonyl (C=O) groups is 1. The van der Waals surface area contributed by atoms with Crippen LogP contribution in [0.25, 0.3) is 0 Å².